The fraction of sp³-hybridized carbons (Fsp3) is 0.531. The van der Waals surface area contributed by atoms with Gasteiger partial charge in [0.2, 0.25) is 5.91 Å². The number of ether oxygens (including phenoxy) is 2. The number of hydrogen-bond acceptors (Lipinski definition) is 7. The molecule has 41 heavy (non-hydrogen) atoms. The largest absolute Gasteiger partial charge is 0.494 e. The zero-order valence-electron chi connectivity index (χ0n) is 24.1. The maximum atomic E-state index is 13.1. The summed E-state index contributed by atoms with van der Waals surface area (Å²) in [5.74, 6) is 0.785. The molecule has 5 rings (SSSR count). The first kappa shape index (κ1) is 29.1. The minimum atomic E-state index is -0.314. The number of benzene rings is 2. The van der Waals surface area contributed by atoms with Gasteiger partial charge in [0.1, 0.15) is 5.75 Å². The van der Waals surface area contributed by atoms with Gasteiger partial charge in [0, 0.05) is 49.5 Å². The van der Waals surface area contributed by atoms with E-state index >= 15 is 0 Å². The van der Waals surface area contributed by atoms with Crippen LogP contribution < -0.4 is 15.0 Å². The summed E-state index contributed by atoms with van der Waals surface area (Å²) in [5, 5.41) is 11.7. The Morgan fingerprint density at radius 2 is 1.85 bits per heavy atom. The zero-order chi connectivity index (χ0) is 29.0. The van der Waals surface area contributed by atoms with Crippen LogP contribution in [-0.4, -0.2) is 74.3 Å². The van der Waals surface area contributed by atoms with Crippen molar-refractivity contribution in [2.24, 2.45) is 5.41 Å². The Hall–Kier alpha value is -3.43. The van der Waals surface area contributed by atoms with Crippen LogP contribution in [0.4, 0.5) is 5.69 Å². The van der Waals surface area contributed by atoms with E-state index in [0.717, 1.165) is 67.9 Å². The number of anilines is 1. The average Bonchev–Trinajstić information content (AvgIpc) is 3.78. The van der Waals surface area contributed by atoms with Crippen molar-refractivity contribution in [3.05, 3.63) is 58.7 Å². The van der Waals surface area contributed by atoms with Gasteiger partial charge >= 0.3 is 5.97 Å². The van der Waals surface area contributed by atoms with Crippen molar-refractivity contribution >= 4 is 23.5 Å². The second-order valence-electron chi connectivity index (χ2n) is 11.6. The molecular weight excluding hydrogens is 522 g/mol. The van der Waals surface area contributed by atoms with Gasteiger partial charge in [-0.25, -0.2) is 4.79 Å². The van der Waals surface area contributed by atoms with Crippen molar-refractivity contribution in [3.8, 4) is 5.75 Å². The lowest BCUT2D eigenvalue weighted by Crippen LogP contribution is -2.41. The van der Waals surface area contributed by atoms with E-state index in [9.17, 15) is 14.4 Å². The monoisotopic (exact) mass is 563 g/mol. The summed E-state index contributed by atoms with van der Waals surface area (Å²) >= 11 is 0. The highest BCUT2D eigenvalue weighted by Crippen LogP contribution is 2.45. The molecule has 9 heteroatoms. The van der Waals surface area contributed by atoms with Crippen LogP contribution in [0.15, 0.2) is 36.4 Å². The normalized spacial score (nSPS) is 18.5. The highest BCUT2D eigenvalue weighted by Gasteiger charge is 2.45. The number of likely N-dealkylation sites (tertiary alicyclic amines) is 1. The smallest absolute Gasteiger partial charge is 0.338 e. The Morgan fingerprint density at radius 3 is 2.49 bits per heavy atom. The van der Waals surface area contributed by atoms with E-state index in [0.29, 0.717) is 49.6 Å². The van der Waals surface area contributed by atoms with Gasteiger partial charge in [-0.1, -0.05) is 0 Å². The number of nitrogens with zero attached hydrogens (tertiary/aromatic N) is 2. The van der Waals surface area contributed by atoms with Gasteiger partial charge in [-0.3, -0.25) is 14.5 Å². The topological polar surface area (TPSA) is 108 Å². The van der Waals surface area contributed by atoms with Crippen LogP contribution in [0.25, 0.3) is 0 Å². The van der Waals surface area contributed by atoms with E-state index in [2.05, 4.69) is 16.3 Å². The van der Waals surface area contributed by atoms with E-state index in [-0.39, 0.29) is 29.8 Å². The zero-order valence-corrected chi connectivity index (χ0v) is 24.1. The number of methoxy groups -OCH3 is 1. The number of aliphatic hydroxyl groups excluding tert-OH is 1. The fourth-order valence-electron chi connectivity index (χ4n) is 6.14. The molecule has 2 saturated heterocycles. The van der Waals surface area contributed by atoms with E-state index in [1.54, 1.807) is 12.1 Å². The number of amides is 2. The third kappa shape index (κ3) is 6.57. The van der Waals surface area contributed by atoms with Crippen LogP contribution in [0.5, 0.6) is 5.75 Å². The molecule has 0 radical (unpaired) electrons. The second kappa shape index (κ2) is 12.6. The molecular formula is C32H41N3O6. The molecule has 9 nitrogen and oxygen atoms in total. The Balaban J connectivity index is 1.22. The molecule has 3 fully saturated rings. The van der Waals surface area contributed by atoms with Gasteiger partial charge < -0.3 is 24.8 Å². The van der Waals surface area contributed by atoms with Gasteiger partial charge in [-0.15, -0.1) is 0 Å². The minimum Gasteiger partial charge on any atom is -0.494 e. The van der Waals surface area contributed by atoms with Crippen LogP contribution in [0, 0.1) is 5.41 Å². The predicted octanol–water partition coefficient (Wildman–Crippen LogP) is 3.88. The van der Waals surface area contributed by atoms with Gasteiger partial charge in [-0.2, -0.15) is 0 Å². The summed E-state index contributed by atoms with van der Waals surface area (Å²) in [4.78, 5) is 42.2. The second-order valence-corrected chi connectivity index (χ2v) is 11.6. The number of carbonyl (C=O) groups excluding carboxylic acids is 3. The molecule has 1 spiro atoms. The molecule has 3 aliphatic rings. The lowest BCUT2D eigenvalue weighted by atomic mass is 9.77. The summed E-state index contributed by atoms with van der Waals surface area (Å²) in [5.41, 5.74) is 4.08. The van der Waals surface area contributed by atoms with Gasteiger partial charge in [0.15, 0.2) is 0 Å². The molecule has 2 heterocycles. The maximum Gasteiger partial charge on any atom is 0.338 e. The SMILES string of the molecule is CCOc1cc(C(=O)OC)c(C2CC2)cc1CN1CCC2(CC1)CC(=O)N(c1ccc(C(=O)NCCCO)cc1)C2. The molecule has 1 aliphatic carbocycles. The lowest BCUT2D eigenvalue weighted by Gasteiger charge is -2.39. The number of esters is 1. The van der Waals surface area contributed by atoms with Crippen molar-refractivity contribution in [2.45, 2.75) is 57.9 Å². The Bertz CT molecular complexity index is 1260. The molecule has 220 valence electrons. The number of aliphatic hydroxyl groups is 1. The minimum absolute atomic E-state index is 0.0373. The first-order chi connectivity index (χ1) is 19.9. The highest BCUT2D eigenvalue weighted by atomic mass is 16.5. The van der Waals surface area contributed by atoms with E-state index < -0.39 is 0 Å². The summed E-state index contributed by atoms with van der Waals surface area (Å²) in [6.45, 7) is 6.13. The predicted molar refractivity (Wildman–Crippen MR) is 155 cm³/mol. The molecule has 0 atom stereocenters. The summed E-state index contributed by atoms with van der Waals surface area (Å²) in [6.07, 6.45) is 5.10. The molecule has 0 bridgehead atoms. The summed E-state index contributed by atoms with van der Waals surface area (Å²) in [6, 6.07) is 11.2. The molecule has 2 N–H and O–H groups in total. The van der Waals surface area contributed by atoms with Gasteiger partial charge in [-0.05, 0) is 105 Å². The van der Waals surface area contributed by atoms with Gasteiger partial charge in [0.25, 0.3) is 5.91 Å². The molecule has 2 aromatic carbocycles. The van der Waals surface area contributed by atoms with E-state index in [4.69, 9.17) is 14.6 Å². The van der Waals surface area contributed by atoms with Crippen molar-refractivity contribution < 1.29 is 29.0 Å². The van der Waals surface area contributed by atoms with E-state index in [1.165, 1.54) is 7.11 Å². The first-order valence-electron chi connectivity index (χ1n) is 14.8. The number of carbonyl (C=O) groups is 3. The quantitative estimate of drug-likeness (QED) is 0.316. The van der Waals surface area contributed by atoms with Crippen LogP contribution in [0.2, 0.25) is 0 Å². The number of hydrogen-bond donors (Lipinski definition) is 2. The standard InChI is InChI=1S/C32H41N3O6/c1-3-41-28-18-27(31(39)40-2)26(22-5-6-22)17-24(28)20-34-14-11-32(12-15-34)19-29(37)35(21-32)25-9-7-23(8-10-25)30(38)33-13-4-16-36/h7-10,17-18,22,36H,3-6,11-16,19-21H2,1-2H3,(H,33,38). The fourth-order valence-corrected chi connectivity index (χ4v) is 6.14. The molecule has 1 saturated carbocycles. The van der Waals surface area contributed by atoms with Gasteiger partial charge in [0.05, 0.1) is 19.3 Å². The lowest BCUT2D eigenvalue weighted by molar-refractivity contribution is -0.118. The highest BCUT2D eigenvalue weighted by molar-refractivity contribution is 5.98. The number of nitrogens with one attached hydrogen (secondary N) is 1. The maximum absolute atomic E-state index is 13.1. The van der Waals surface area contributed by atoms with Crippen molar-refractivity contribution in [2.75, 3.05) is 51.4 Å². The number of piperidine rings is 1. The van der Waals surface area contributed by atoms with Crippen LogP contribution in [0.3, 0.4) is 0 Å². The Morgan fingerprint density at radius 1 is 1.12 bits per heavy atom. The Labute approximate surface area is 241 Å². The van der Waals surface area contributed by atoms with E-state index in [1.807, 2.05) is 30.0 Å². The average molecular weight is 564 g/mol. The third-order valence-corrected chi connectivity index (χ3v) is 8.65. The molecule has 0 unspecified atom stereocenters. The summed E-state index contributed by atoms with van der Waals surface area (Å²) in [7, 11) is 1.42. The van der Waals surface area contributed by atoms with Crippen molar-refractivity contribution in [3.63, 3.8) is 0 Å². The van der Waals surface area contributed by atoms with Crippen molar-refractivity contribution in [1.82, 2.24) is 10.2 Å². The molecule has 2 aromatic rings. The third-order valence-electron chi connectivity index (χ3n) is 8.65. The van der Waals surface area contributed by atoms with Crippen molar-refractivity contribution in [1.29, 1.82) is 0 Å². The molecule has 0 aromatic heterocycles. The Kier molecular flexibility index (Phi) is 8.94. The summed E-state index contributed by atoms with van der Waals surface area (Å²) < 4.78 is 11.0. The van der Waals surface area contributed by atoms with Crippen LogP contribution >= 0.6 is 0 Å². The first-order valence-corrected chi connectivity index (χ1v) is 14.8. The molecule has 2 amide bonds. The van der Waals surface area contributed by atoms with Crippen LogP contribution in [0.1, 0.15) is 83.2 Å². The number of rotatable bonds is 11. The van der Waals surface area contributed by atoms with Crippen LogP contribution in [-0.2, 0) is 16.1 Å². The molecule has 2 aliphatic heterocycles.